The normalized spacial score (nSPS) is 14.8. The van der Waals surface area contributed by atoms with Crippen LogP contribution in [0, 0.1) is 0 Å². The van der Waals surface area contributed by atoms with Gasteiger partial charge in [0.1, 0.15) is 12.7 Å². The highest BCUT2D eigenvalue weighted by Gasteiger charge is 2.38. The molecule has 4 N–H and O–H groups in total. The third kappa shape index (κ3) is 14.4. The van der Waals surface area contributed by atoms with E-state index in [1.54, 1.807) is 4.90 Å². The second kappa shape index (κ2) is 15.3. The number of nitrogens with zero attached hydrogens (tertiary/aromatic N) is 1. The molecule has 26 heavy (non-hydrogen) atoms. The van der Waals surface area contributed by atoms with Crippen molar-refractivity contribution in [3.8, 4) is 0 Å². The Morgan fingerprint density at radius 3 is 2.19 bits per heavy atom. The standard InChI is InChI=1S/C7H14FN3O.C5H10O2.C2HF3O2/c8-5-6(9)7(12)11-3-1-10-2-4-11;1-2-3-4-7-5-6;3-2(4,5)1(6)7/h6,10H,1-5,9H2;5H,2-4H2,1H3;(H,6,7)/t6-;;/m0../s1. The molecule has 0 aromatic heterocycles. The number of rotatable bonds is 6. The van der Waals surface area contributed by atoms with Crippen molar-refractivity contribution in [2.45, 2.75) is 32.0 Å². The van der Waals surface area contributed by atoms with Gasteiger partial charge in [0, 0.05) is 26.2 Å². The SMILES string of the molecule is CCCCOC=O.N[C@@H](CF)C(=O)N1CCNCC1.O=C(O)C(F)(F)F. The Morgan fingerprint density at radius 1 is 1.35 bits per heavy atom. The first-order chi connectivity index (χ1) is 12.1. The molecule has 1 amide bonds. The summed E-state index contributed by atoms with van der Waals surface area (Å²) in [7, 11) is 0. The molecule has 0 aromatic rings. The second-order valence-electron chi connectivity index (χ2n) is 4.96. The van der Waals surface area contributed by atoms with E-state index in [1.165, 1.54) is 0 Å². The van der Waals surface area contributed by atoms with Gasteiger partial charge in [-0.2, -0.15) is 13.2 Å². The van der Waals surface area contributed by atoms with Gasteiger partial charge in [0.15, 0.2) is 0 Å². The third-order valence-electron chi connectivity index (χ3n) is 2.84. The van der Waals surface area contributed by atoms with Gasteiger partial charge >= 0.3 is 12.1 Å². The second-order valence-corrected chi connectivity index (χ2v) is 4.96. The first-order valence-electron chi connectivity index (χ1n) is 7.78. The van der Waals surface area contributed by atoms with Crippen molar-refractivity contribution in [3.63, 3.8) is 0 Å². The number of carbonyl (C=O) groups excluding carboxylic acids is 2. The Labute approximate surface area is 148 Å². The molecule has 1 heterocycles. The van der Waals surface area contributed by atoms with E-state index in [0.717, 1.165) is 25.9 Å². The first-order valence-corrected chi connectivity index (χ1v) is 7.78. The number of piperazine rings is 1. The van der Waals surface area contributed by atoms with Crippen LogP contribution in [0.1, 0.15) is 19.8 Å². The lowest BCUT2D eigenvalue weighted by Crippen LogP contribution is -2.52. The smallest absolute Gasteiger partial charge is 0.475 e. The molecule has 0 aromatic carbocycles. The summed E-state index contributed by atoms with van der Waals surface area (Å²) in [5.74, 6) is -3.04. The lowest BCUT2D eigenvalue weighted by atomic mass is 10.2. The highest BCUT2D eigenvalue weighted by atomic mass is 19.4. The maximum absolute atomic E-state index is 12.0. The molecule has 1 aliphatic heterocycles. The van der Waals surface area contributed by atoms with Crippen molar-refractivity contribution >= 4 is 18.3 Å². The lowest BCUT2D eigenvalue weighted by molar-refractivity contribution is -0.192. The van der Waals surface area contributed by atoms with Crippen molar-refractivity contribution in [2.75, 3.05) is 39.5 Å². The number of alkyl halides is 4. The molecule has 0 saturated carbocycles. The van der Waals surface area contributed by atoms with Crippen LogP contribution in [0.3, 0.4) is 0 Å². The number of amides is 1. The number of unbranched alkanes of at least 4 members (excludes halogenated alkanes) is 1. The van der Waals surface area contributed by atoms with Crippen molar-refractivity contribution in [3.05, 3.63) is 0 Å². The molecule has 1 fully saturated rings. The van der Waals surface area contributed by atoms with E-state index >= 15 is 0 Å². The minimum atomic E-state index is -5.08. The van der Waals surface area contributed by atoms with Gasteiger partial charge in [0.05, 0.1) is 6.61 Å². The summed E-state index contributed by atoms with van der Waals surface area (Å²) in [5, 5.41) is 10.2. The zero-order valence-corrected chi connectivity index (χ0v) is 14.4. The zero-order chi connectivity index (χ0) is 20.6. The molecular formula is C14H25F4N3O5. The van der Waals surface area contributed by atoms with E-state index in [0.29, 0.717) is 26.2 Å². The van der Waals surface area contributed by atoms with Crippen LogP contribution < -0.4 is 11.1 Å². The van der Waals surface area contributed by atoms with Crippen molar-refractivity contribution < 1.29 is 41.8 Å². The highest BCUT2D eigenvalue weighted by molar-refractivity contribution is 5.81. The number of carbonyl (C=O) groups is 3. The number of halogens is 4. The summed E-state index contributed by atoms with van der Waals surface area (Å²) in [6, 6.07) is -0.969. The van der Waals surface area contributed by atoms with Gasteiger partial charge in [0.2, 0.25) is 5.91 Å². The summed E-state index contributed by atoms with van der Waals surface area (Å²) in [6.07, 6.45) is -3.04. The Morgan fingerprint density at radius 2 is 1.85 bits per heavy atom. The number of hydrogen-bond acceptors (Lipinski definition) is 6. The Hall–Kier alpha value is -1.95. The number of ether oxygens (including phenoxy) is 1. The maximum Gasteiger partial charge on any atom is 0.490 e. The predicted octanol–water partition coefficient (Wildman–Crippen LogP) is 0.308. The molecule has 0 radical (unpaired) electrons. The summed E-state index contributed by atoms with van der Waals surface area (Å²) >= 11 is 0. The molecular weight excluding hydrogens is 366 g/mol. The van der Waals surface area contributed by atoms with Crippen LogP contribution in [0.15, 0.2) is 0 Å². The van der Waals surface area contributed by atoms with Gasteiger partial charge < -0.3 is 25.8 Å². The quantitative estimate of drug-likeness (QED) is 0.338. The van der Waals surface area contributed by atoms with Crippen LogP contribution in [0.2, 0.25) is 0 Å². The molecule has 0 unspecified atom stereocenters. The van der Waals surface area contributed by atoms with Gasteiger partial charge in [-0.05, 0) is 6.42 Å². The average molecular weight is 391 g/mol. The van der Waals surface area contributed by atoms with Crippen molar-refractivity contribution in [1.29, 1.82) is 0 Å². The third-order valence-corrected chi connectivity index (χ3v) is 2.84. The van der Waals surface area contributed by atoms with Gasteiger partial charge in [0.25, 0.3) is 6.47 Å². The number of nitrogens with two attached hydrogens (primary N) is 1. The average Bonchev–Trinajstić information content (AvgIpc) is 2.62. The van der Waals surface area contributed by atoms with E-state index < -0.39 is 24.9 Å². The van der Waals surface area contributed by atoms with Gasteiger partial charge in [-0.1, -0.05) is 13.3 Å². The minimum absolute atomic E-state index is 0.279. The van der Waals surface area contributed by atoms with Gasteiger partial charge in [-0.15, -0.1) is 0 Å². The maximum atomic E-state index is 12.0. The Bertz CT molecular complexity index is 405. The number of aliphatic carboxylic acids is 1. The fourth-order valence-corrected chi connectivity index (χ4v) is 1.46. The molecule has 12 heteroatoms. The van der Waals surface area contributed by atoms with Gasteiger partial charge in [-0.25, -0.2) is 9.18 Å². The van der Waals surface area contributed by atoms with E-state index in [1.807, 2.05) is 6.92 Å². The van der Waals surface area contributed by atoms with Crippen LogP contribution in [0.25, 0.3) is 0 Å². The summed E-state index contributed by atoms with van der Waals surface area (Å²) in [5.41, 5.74) is 5.26. The number of nitrogens with one attached hydrogen (secondary N) is 1. The molecule has 154 valence electrons. The molecule has 1 saturated heterocycles. The van der Waals surface area contributed by atoms with Crippen LogP contribution >= 0.6 is 0 Å². The lowest BCUT2D eigenvalue weighted by Gasteiger charge is -2.28. The Balaban J connectivity index is 0. The monoisotopic (exact) mass is 391 g/mol. The molecule has 1 aliphatic rings. The van der Waals surface area contributed by atoms with E-state index in [4.69, 9.17) is 15.6 Å². The van der Waals surface area contributed by atoms with Crippen LogP contribution in [0.5, 0.6) is 0 Å². The first kappa shape index (κ1) is 26.3. The molecule has 1 rings (SSSR count). The van der Waals surface area contributed by atoms with Crippen molar-refractivity contribution in [1.82, 2.24) is 10.2 Å². The fourth-order valence-electron chi connectivity index (χ4n) is 1.46. The predicted molar refractivity (Wildman–Crippen MR) is 84.0 cm³/mol. The minimum Gasteiger partial charge on any atom is -0.475 e. The summed E-state index contributed by atoms with van der Waals surface area (Å²) in [4.78, 5) is 31.2. The van der Waals surface area contributed by atoms with E-state index in [2.05, 4.69) is 10.1 Å². The zero-order valence-electron chi connectivity index (χ0n) is 14.4. The fraction of sp³-hybridized carbons (Fsp3) is 0.786. The Kier molecular flexibility index (Phi) is 15.5. The number of carboxylic acid groups (broad SMARTS) is 1. The molecule has 0 aliphatic carbocycles. The largest absolute Gasteiger partial charge is 0.490 e. The van der Waals surface area contributed by atoms with Crippen LogP contribution in [0.4, 0.5) is 17.6 Å². The van der Waals surface area contributed by atoms with Gasteiger partial charge in [-0.3, -0.25) is 9.59 Å². The summed E-state index contributed by atoms with van der Waals surface area (Å²) < 4.78 is 48.1. The van der Waals surface area contributed by atoms with Crippen LogP contribution in [-0.2, 0) is 19.1 Å². The number of hydrogen-bond donors (Lipinski definition) is 3. The number of carboxylic acids is 1. The van der Waals surface area contributed by atoms with Crippen LogP contribution in [-0.4, -0.2) is 80.0 Å². The molecule has 0 bridgehead atoms. The molecule has 0 spiro atoms. The highest BCUT2D eigenvalue weighted by Crippen LogP contribution is 2.13. The molecule has 1 atom stereocenters. The van der Waals surface area contributed by atoms with E-state index in [-0.39, 0.29) is 5.91 Å². The summed E-state index contributed by atoms with van der Waals surface area (Å²) in [6.45, 7) is 5.13. The van der Waals surface area contributed by atoms with E-state index in [9.17, 15) is 27.2 Å². The topological polar surface area (TPSA) is 122 Å². The van der Waals surface area contributed by atoms with Crippen molar-refractivity contribution in [2.24, 2.45) is 5.73 Å². The molecule has 8 nitrogen and oxygen atoms in total.